The quantitative estimate of drug-likeness (QED) is 0.536. The monoisotopic (exact) mass is 456 g/mol. The normalized spacial score (nSPS) is 16.9. The number of methoxy groups -OCH3 is 2. The van der Waals surface area contributed by atoms with Crippen LogP contribution < -0.4 is 9.47 Å². The first kappa shape index (κ1) is 21.6. The SMILES string of the molecule is COc1ccc(C2C3=C(OC(c4ccccc4O)=C2C(=O)O)c2ccccc2CC3)c(OC)c1. The molecule has 0 fully saturated rings. The molecular formula is C28H24O6. The van der Waals surface area contributed by atoms with E-state index < -0.39 is 11.9 Å². The number of ether oxygens (including phenoxy) is 3. The van der Waals surface area contributed by atoms with E-state index in [1.54, 1.807) is 44.6 Å². The second-order valence-electron chi connectivity index (χ2n) is 8.22. The fourth-order valence-electron chi connectivity index (χ4n) is 4.86. The summed E-state index contributed by atoms with van der Waals surface area (Å²) in [5, 5.41) is 21.1. The standard InChI is InChI=1S/C28H24O6/c1-32-17-12-14-20(23(15-17)33-2)24-21-13-11-16-7-3-4-8-18(16)26(21)34-27(25(24)28(30)31)19-9-5-6-10-22(19)29/h3-10,12,14-15,24,29H,11,13H2,1-2H3,(H,30,31). The molecule has 3 aromatic carbocycles. The van der Waals surface area contributed by atoms with Crippen molar-refractivity contribution in [2.75, 3.05) is 14.2 Å². The Morgan fingerprint density at radius 3 is 2.35 bits per heavy atom. The number of aliphatic carboxylic acids is 1. The highest BCUT2D eigenvalue weighted by Crippen LogP contribution is 2.52. The van der Waals surface area contributed by atoms with Crippen molar-refractivity contribution >= 4 is 17.5 Å². The van der Waals surface area contributed by atoms with Gasteiger partial charge >= 0.3 is 5.97 Å². The Kier molecular flexibility index (Phi) is 5.49. The Labute approximate surface area is 197 Å². The summed E-state index contributed by atoms with van der Waals surface area (Å²) in [6.45, 7) is 0. The highest BCUT2D eigenvalue weighted by atomic mass is 16.5. The molecule has 0 amide bonds. The minimum Gasteiger partial charge on any atom is -0.507 e. The van der Waals surface area contributed by atoms with Crippen molar-refractivity contribution < 1.29 is 29.2 Å². The molecule has 2 aliphatic rings. The van der Waals surface area contributed by atoms with Gasteiger partial charge in [0.15, 0.2) is 0 Å². The number of aromatic hydroxyl groups is 1. The Balaban J connectivity index is 1.83. The number of carbonyl (C=O) groups is 1. The van der Waals surface area contributed by atoms with Crippen molar-refractivity contribution in [3.8, 4) is 17.2 Å². The van der Waals surface area contributed by atoms with Crippen molar-refractivity contribution in [1.82, 2.24) is 0 Å². The first-order valence-corrected chi connectivity index (χ1v) is 11.0. The van der Waals surface area contributed by atoms with Gasteiger partial charge in [0.2, 0.25) is 0 Å². The lowest BCUT2D eigenvalue weighted by Crippen LogP contribution is -2.24. The highest BCUT2D eigenvalue weighted by Gasteiger charge is 2.41. The summed E-state index contributed by atoms with van der Waals surface area (Å²) in [5.41, 5.74) is 4.02. The van der Waals surface area contributed by atoms with E-state index in [2.05, 4.69) is 6.07 Å². The predicted octanol–water partition coefficient (Wildman–Crippen LogP) is 5.38. The fourth-order valence-corrected chi connectivity index (χ4v) is 4.86. The number of hydrogen-bond donors (Lipinski definition) is 2. The summed E-state index contributed by atoms with van der Waals surface area (Å²) >= 11 is 0. The van der Waals surface area contributed by atoms with Gasteiger partial charge in [-0.3, -0.25) is 0 Å². The smallest absolute Gasteiger partial charge is 0.336 e. The van der Waals surface area contributed by atoms with Crippen molar-refractivity contribution in [3.05, 3.63) is 100 Å². The van der Waals surface area contributed by atoms with Gasteiger partial charge in [0.05, 0.1) is 25.4 Å². The number of phenols is 1. The maximum atomic E-state index is 12.8. The molecule has 0 saturated carbocycles. The van der Waals surface area contributed by atoms with E-state index >= 15 is 0 Å². The Morgan fingerprint density at radius 2 is 1.65 bits per heavy atom. The summed E-state index contributed by atoms with van der Waals surface area (Å²) < 4.78 is 17.4. The van der Waals surface area contributed by atoms with E-state index in [0.717, 1.165) is 23.1 Å². The van der Waals surface area contributed by atoms with Crippen molar-refractivity contribution in [2.45, 2.75) is 18.8 Å². The average molecular weight is 456 g/mol. The Hall–Kier alpha value is -4.19. The molecule has 0 bridgehead atoms. The van der Waals surface area contributed by atoms with Gasteiger partial charge in [-0.25, -0.2) is 4.79 Å². The van der Waals surface area contributed by atoms with E-state index in [1.165, 1.54) is 6.07 Å². The first-order chi connectivity index (χ1) is 16.5. The van der Waals surface area contributed by atoms with Crippen LogP contribution >= 0.6 is 0 Å². The van der Waals surface area contributed by atoms with Crippen molar-refractivity contribution in [1.29, 1.82) is 0 Å². The molecule has 1 unspecified atom stereocenters. The zero-order chi connectivity index (χ0) is 23.8. The molecule has 0 spiro atoms. The predicted molar refractivity (Wildman–Crippen MR) is 128 cm³/mol. The van der Waals surface area contributed by atoms with Gasteiger partial charge < -0.3 is 24.4 Å². The van der Waals surface area contributed by atoms with Gasteiger partial charge in [0, 0.05) is 23.1 Å². The molecule has 5 rings (SSSR count). The Bertz CT molecular complexity index is 1350. The van der Waals surface area contributed by atoms with Crippen LogP contribution in [0.4, 0.5) is 0 Å². The van der Waals surface area contributed by atoms with Gasteiger partial charge in [-0.2, -0.15) is 0 Å². The molecule has 6 nitrogen and oxygen atoms in total. The minimum absolute atomic E-state index is 0.0511. The van der Waals surface area contributed by atoms with Crippen molar-refractivity contribution in [2.24, 2.45) is 0 Å². The molecule has 1 heterocycles. The van der Waals surface area contributed by atoms with Gasteiger partial charge in [0.25, 0.3) is 0 Å². The molecular weight excluding hydrogens is 432 g/mol. The number of hydrogen-bond acceptors (Lipinski definition) is 5. The third-order valence-electron chi connectivity index (χ3n) is 6.43. The number of fused-ring (bicyclic) bond motifs is 2. The number of para-hydroxylation sites is 1. The molecule has 0 aromatic heterocycles. The summed E-state index contributed by atoms with van der Waals surface area (Å²) in [4.78, 5) is 12.8. The molecule has 1 aliphatic heterocycles. The van der Waals surface area contributed by atoms with Crippen LogP contribution in [0.2, 0.25) is 0 Å². The summed E-state index contributed by atoms with van der Waals surface area (Å²) in [5.74, 6) is 0.0864. The van der Waals surface area contributed by atoms with Gasteiger partial charge in [-0.15, -0.1) is 0 Å². The highest BCUT2D eigenvalue weighted by molar-refractivity contribution is 6.01. The molecule has 1 aliphatic carbocycles. The third kappa shape index (κ3) is 3.48. The lowest BCUT2D eigenvalue weighted by atomic mass is 9.75. The average Bonchev–Trinajstić information content (AvgIpc) is 2.87. The second kappa shape index (κ2) is 8.63. The van der Waals surface area contributed by atoms with Gasteiger partial charge in [0.1, 0.15) is 28.8 Å². The number of aryl methyl sites for hydroxylation is 1. The summed E-state index contributed by atoms with van der Waals surface area (Å²) in [7, 11) is 3.12. The van der Waals surface area contributed by atoms with Crippen LogP contribution in [0.3, 0.4) is 0 Å². The van der Waals surface area contributed by atoms with Crippen LogP contribution in [-0.4, -0.2) is 30.4 Å². The van der Waals surface area contributed by atoms with E-state index in [0.29, 0.717) is 34.8 Å². The largest absolute Gasteiger partial charge is 0.507 e. The first-order valence-electron chi connectivity index (χ1n) is 11.0. The molecule has 172 valence electrons. The molecule has 3 aromatic rings. The van der Waals surface area contributed by atoms with Crippen LogP contribution in [-0.2, 0) is 16.0 Å². The molecule has 2 N–H and O–H groups in total. The van der Waals surface area contributed by atoms with E-state index in [-0.39, 0.29) is 17.1 Å². The van der Waals surface area contributed by atoms with Gasteiger partial charge in [-0.1, -0.05) is 42.5 Å². The maximum absolute atomic E-state index is 12.8. The lowest BCUT2D eigenvalue weighted by Gasteiger charge is -2.35. The number of carboxylic acid groups (broad SMARTS) is 1. The zero-order valence-corrected chi connectivity index (χ0v) is 18.9. The zero-order valence-electron chi connectivity index (χ0n) is 18.9. The van der Waals surface area contributed by atoms with Crippen LogP contribution in [0, 0.1) is 0 Å². The van der Waals surface area contributed by atoms with E-state index in [1.807, 2.05) is 24.3 Å². The topological polar surface area (TPSA) is 85.2 Å². The van der Waals surface area contributed by atoms with E-state index in [4.69, 9.17) is 14.2 Å². The van der Waals surface area contributed by atoms with Crippen LogP contribution in [0.15, 0.2) is 77.9 Å². The van der Waals surface area contributed by atoms with E-state index in [9.17, 15) is 15.0 Å². The minimum atomic E-state index is -1.12. The molecule has 6 heteroatoms. The third-order valence-corrected chi connectivity index (χ3v) is 6.43. The van der Waals surface area contributed by atoms with Crippen molar-refractivity contribution in [3.63, 3.8) is 0 Å². The Morgan fingerprint density at radius 1 is 0.912 bits per heavy atom. The van der Waals surface area contributed by atoms with Crippen LogP contribution in [0.25, 0.3) is 11.5 Å². The number of benzene rings is 3. The molecule has 1 atom stereocenters. The number of carboxylic acids is 1. The molecule has 0 radical (unpaired) electrons. The lowest BCUT2D eigenvalue weighted by molar-refractivity contribution is -0.133. The maximum Gasteiger partial charge on any atom is 0.336 e. The van der Waals surface area contributed by atoms with Crippen LogP contribution in [0.5, 0.6) is 17.2 Å². The number of allylic oxidation sites excluding steroid dienone is 1. The number of phenolic OH excluding ortho intramolecular Hbond substituents is 1. The summed E-state index contributed by atoms with van der Waals surface area (Å²) in [6.07, 6.45) is 1.41. The van der Waals surface area contributed by atoms with Gasteiger partial charge in [-0.05, 0) is 42.2 Å². The second-order valence-corrected chi connectivity index (χ2v) is 8.22. The number of rotatable bonds is 5. The fraction of sp³-hybridized carbons (Fsp3) is 0.179. The summed E-state index contributed by atoms with van der Waals surface area (Å²) in [6, 6.07) is 20.0. The molecule has 34 heavy (non-hydrogen) atoms. The van der Waals surface area contributed by atoms with Crippen LogP contribution in [0.1, 0.15) is 34.6 Å². The molecule has 0 saturated heterocycles.